The van der Waals surface area contributed by atoms with Gasteiger partial charge >= 0.3 is 0 Å². The summed E-state index contributed by atoms with van der Waals surface area (Å²) in [6.45, 7) is 7.67. The number of carbonyl (C=O) groups is 1. The summed E-state index contributed by atoms with van der Waals surface area (Å²) in [7, 11) is 0. The van der Waals surface area contributed by atoms with Crippen molar-refractivity contribution in [3.8, 4) is 0 Å². The Bertz CT molecular complexity index is 266. The number of nitrogens with one attached hydrogen (secondary N) is 1. The van der Waals surface area contributed by atoms with E-state index in [0.717, 1.165) is 5.57 Å². The largest absolute Gasteiger partial charge is 0.351 e. The molecule has 0 aliphatic rings. The van der Waals surface area contributed by atoms with Crippen LogP contribution in [0, 0.1) is 0 Å². The second kappa shape index (κ2) is 8.51. The highest BCUT2D eigenvalue weighted by atomic mass is 79.9. The predicted molar refractivity (Wildman–Crippen MR) is 64.4 cm³/mol. The molecule has 0 spiro atoms. The molecule has 0 atom stereocenters. The van der Waals surface area contributed by atoms with Gasteiger partial charge in [-0.3, -0.25) is 4.79 Å². The molecule has 0 aliphatic carbocycles. The normalized spacial score (nSPS) is 11.4. The summed E-state index contributed by atoms with van der Waals surface area (Å²) < 4.78 is 0. The van der Waals surface area contributed by atoms with Crippen LogP contribution < -0.4 is 5.32 Å². The van der Waals surface area contributed by atoms with Gasteiger partial charge in [0.25, 0.3) is 0 Å². The van der Waals surface area contributed by atoms with Crippen LogP contribution in [-0.4, -0.2) is 17.8 Å². The Hall–Kier alpha value is -1.09. The quantitative estimate of drug-likeness (QED) is 0.573. The Morgan fingerprint density at radius 2 is 2.07 bits per heavy atom. The summed E-state index contributed by atoms with van der Waals surface area (Å²) in [5, 5.41) is 3.06. The molecule has 76 valence electrons. The SMILES string of the molecule is C=C/C=C\C(=C/C=C)CNC(=O)CBr. The van der Waals surface area contributed by atoms with Crippen molar-refractivity contribution >= 4 is 21.8 Å². The van der Waals surface area contributed by atoms with Crippen molar-refractivity contribution < 1.29 is 4.79 Å². The zero-order chi connectivity index (χ0) is 10.8. The monoisotopic (exact) mass is 255 g/mol. The lowest BCUT2D eigenvalue weighted by molar-refractivity contribution is -0.118. The molecule has 0 aromatic carbocycles. The van der Waals surface area contributed by atoms with Crippen LogP contribution in [0.4, 0.5) is 0 Å². The van der Waals surface area contributed by atoms with Gasteiger partial charge in [-0.15, -0.1) is 0 Å². The van der Waals surface area contributed by atoms with Crippen LogP contribution in [-0.2, 0) is 4.79 Å². The van der Waals surface area contributed by atoms with E-state index in [1.54, 1.807) is 12.2 Å². The molecule has 0 aliphatic heterocycles. The Kier molecular flexibility index (Phi) is 7.84. The first-order chi connectivity index (χ1) is 6.74. The van der Waals surface area contributed by atoms with Crippen LogP contribution >= 0.6 is 15.9 Å². The van der Waals surface area contributed by atoms with Gasteiger partial charge in [0.1, 0.15) is 0 Å². The second-order valence-electron chi connectivity index (χ2n) is 2.48. The minimum atomic E-state index is -0.0352. The third kappa shape index (κ3) is 6.43. The van der Waals surface area contributed by atoms with Crippen molar-refractivity contribution in [2.24, 2.45) is 0 Å². The van der Waals surface area contributed by atoms with Crippen LogP contribution in [0.5, 0.6) is 0 Å². The lowest BCUT2D eigenvalue weighted by Gasteiger charge is -2.02. The highest BCUT2D eigenvalue weighted by Gasteiger charge is 1.97. The van der Waals surface area contributed by atoms with Crippen molar-refractivity contribution in [2.45, 2.75) is 0 Å². The van der Waals surface area contributed by atoms with E-state index >= 15 is 0 Å². The van der Waals surface area contributed by atoms with E-state index in [1.165, 1.54) is 0 Å². The first kappa shape index (κ1) is 12.9. The van der Waals surface area contributed by atoms with Crippen LogP contribution in [0.1, 0.15) is 0 Å². The zero-order valence-corrected chi connectivity index (χ0v) is 9.59. The van der Waals surface area contributed by atoms with E-state index in [9.17, 15) is 4.79 Å². The van der Waals surface area contributed by atoms with Crippen LogP contribution in [0.25, 0.3) is 0 Å². The van der Waals surface area contributed by atoms with Crippen molar-refractivity contribution in [3.63, 3.8) is 0 Å². The van der Waals surface area contributed by atoms with Gasteiger partial charge in [0.05, 0.1) is 5.33 Å². The van der Waals surface area contributed by atoms with Crippen molar-refractivity contribution in [1.82, 2.24) is 5.32 Å². The number of halogens is 1. The fourth-order valence-corrected chi connectivity index (χ4v) is 0.963. The zero-order valence-electron chi connectivity index (χ0n) is 8.00. The molecular weight excluding hydrogens is 242 g/mol. The molecule has 3 heteroatoms. The molecule has 1 amide bonds. The third-order valence-corrected chi connectivity index (χ3v) is 1.90. The molecule has 2 nitrogen and oxygen atoms in total. The summed E-state index contributed by atoms with van der Waals surface area (Å²) in [5.74, 6) is -0.0352. The first-order valence-corrected chi connectivity index (χ1v) is 5.30. The Morgan fingerprint density at radius 3 is 2.57 bits per heavy atom. The third-order valence-electron chi connectivity index (χ3n) is 1.39. The second-order valence-corrected chi connectivity index (χ2v) is 3.04. The number of allylic oxidation sites excluding steroid dienone is 4. The summed E-state index contributed by atoms with van der Waals surface area (Å²) in [6, 6.07) is 0. The average Bonchev–Trinajstić information content (AvgIpc) is 2.21. The molecule has 0 saturated heterocycles. The van der Waals surface area contributed by atoms with Crippen molar-refractivity contribution in [1.29, 1.82) is 0 Å². The Labute approximate surface area is 93.2 Å². The molecule has 0 rings (SSSR count). The van der Waals surface area contributed by atoms with Gasteiger partial charge in [0.2, 0.25) is 5.91 Å². The van der Waals surface area contributed by atoms with Crippen LogP contribution in [0.3, 0.4) is 0 Å². The molecule has 0 radical (unpaired) electrons. The number of rotatable bonds is 6. The van der Waals surface area contributed by atoms with Gasteiger partial charge < -0.3 is 5.32 Å². The minimum Gasteiger partial charge on any atom is -0.351 e. The van der Waals surface area contributed by atoms with Crippen LogP contribution in [0.2, 0.25) is 0 Å². The molecule has 0 saturated carbocycles. The Morgan fingerprint density at radius 1 is 1.36 bits per heavy atom. The molecule has 0 fully saturated rings. The molecule has 0 bridgehead atoms. The highest BCUT2D eigenvalue weighted by Crippen LogP contribution is 1.96. The molecule has 1 N–H and O–H groups in total. The van der Waals surface area contributed by atoms with Gasteiger partial charge in [-0.2, -0.15) is 0 Å². The molecule has 0 heterocycles. The summed E-state index contributed by atoms with van der Waals surface area (Å²) in [4.78, 5) is 10.9. The maximum atomic E-state index is 10.9. The topological polar surface area (TPSA) is 29.1 Å². The van der Waals surface area contributed by atoms with E-state index in [4.69, 9.17) is 0 Å². The number of amides is 1. The number of alkyl halides is 1. The molecular formula is C11H14BrNO. The number of carbonyl (C=O) groups excluding carboxylic acids is 1. The lowest BCUT2D eigenvalue weighted by atomic mass is 10.2. The van der Waals surface area contributed by atoms with Crippen molar-refractivity contribution in [3.05, 3.63) is 49.1 Å². The van der Waals surface area contributed by atoms with Gasteiger partial charge in [-0.1, -0.05) is 59.5 Å². The predicted octanol–water partition coefficient (Wildman–Crippen LogP) is 2.35. The number of hydrogen-bond donors (Lipinski definition) is 1. The fraction of sp³-hybridized carbons (Fsp3) is 0.182. The molecule has 0 aromatic rings. The van der Waals surface area contributed by atoms with Gasteiger partial charge in [-0.05, 0) is 5.57 Å². The fourth-order valence-electron chi connectivity index (χ4n) is 0.764. The molecule has 0 unspecified atom stereocenters. The standard InChI is InChI=1S/C11H14BrNO/c1-3-5-7-10(6-4-2)9-13-11(14)8-12/h3-7H,1-2,8-9H2,(H,13,14)/b7-5-,10-6+. The Balaban J connectivity index is 4.17. The van der Waals surface area contributed by atoms with E-state index < -0.39 is 0 Å². The molecule has 0 aromatic heterocycles. The summed E-state index contributed by atoms with van der Waals surface area (Å²) in [5.41, 5.74) is 0.981. The van der Waals surface area contributed by atoms with Crippen LogP contribution in [0.15, 0.2) is 49.1 Å². The van der Waals surface area contributed by atoms with E-state index in [2.05, 4.69) is 34.4 Å². The van der Waals surface area contributed by atoms with E-state index in [0.29, 0.717) is 11.9 Å². The number of hydrogen-bond acceptors (Lipinski definition) is 1. The summed E-state index contributed by atoms with van der Waals surface area (Å²) >= 11 is 3.07. The maximum absolute atomic E-state index is 10.9. The van der Waals surface area contributed by atoms with Gasteiger partial charge in [-0.25, -0.2) is 0 Å². The summed E-state index contributed by atoms with van der Waals surface area (Å²) in [6.07, 6.45) is 8.90. The minimum absolute atomic E-state index is 0.0352. The van der Waals surface area contributed by atoms with Gasteiger partial charge in [0.15, 0.2) is 0 Å². The van der Waals surface area contributed by atoms with E-state index in [1.807, 2.05) is 18.2 Å². The highest BCUT2D eigenvalue weighted by molar-refractivity contribution is 9.09. The maximum Gasteiger partial charge on any atom is 0.230 e. The van der Waals surface area contributed by atoms with E-state index in [-0.39, 0.29) is 5.91 Å². The first-order valence-electron chi connectivity index (χ1n) is 4.18. The van der Waals surface area contributed by atoms with Gasteiger partial charge in [0, 0.05) is 6.54 Å². The average molecular weight is 256 g/mol. The molecule has 14 heavy (non-hydrogen) atoms. The smallest absolute Gasteiger partial charge is 0.230 e. The van der Waals surface area contributed by atoms with Crippen molar-refractivity contribution in [2.75, 3.05) is 11.9 Å². The lowest BCUT2D eigenvalue weighted by Crippen LogP contribution is -2.25.